The average molecular weight is 329 g/mol. The van der Waals surface area contributed by atoms with Gasteiger partial charge in [0.2, 0.25) is 0 Å². The van der Waals surface area contributed by atoms with E-state index in [1.165, 1.54) is 36.3 Å². The van der Waals surface area contributed by atoms with Crippen molar-refractivity contribution in [1.29, 1.82) is 0 Å². The molecule has 1 N–H and O–H groups in total. The van der Waals surface area contributed by atoms with E-state index in [4.69, 9.17) is 4.74 Å². The Balaban J connectivity index is 1.76. The molecular weight excluding hydrogens is 304 g/mol. The molecule has 6 heteroatoms. The number of rotatable bonds is 4. The topological polar surface area (TPSA) is 51.2 Å². The van der Waals surface area contributed by atoms with E-state index in [1.807, 2.05) is 38.7 Å². The van der Waals surface area contributed by atoms with Crippen LogP contribution in [0.4, 0.5) is 4.79 Å². The number of carbonyl (C=O) groups excluding carboxylic acids is 1. The molecule has 1 saturated carbocycles. The smallest absolute Gasteiger partial charge is 0.407 e. The molecule has 0 saturated heterocycles. The fourth-order valence-corrected chi connectivity index (χ4v) is 4.69. The average Bonchev–Trinajstić information content (AvgIpc) is 2.83. The van der Waals surface area contributed by atoms with Crippen molar-refractivity contribution in [2.24, 2.45) is 0 Å². The van der Waals surface area contributed by atoms with Gasteiger partial charge in [-0.3, -0.25) is 0 Å². The number of nitrogens with one attached hydrogen (secondary N) is 1. The van der Waals surface area contributed by atoms with Gasteiger partial charge in [0, 0.05) is 10.8 Å². The summed E-state index contributed by atoms with van der Waals surface area (Å²) in [5.41, 5.74) is -0.276. The van der Waals surface area contributed by atoms with Crippen molar-refractivity contribution in [3.63, 3.8) is 0 Å². The van der Waals surface area contributed by atoms with Crippen LogP contribution in [0, 0.1) is 0 Å². The van der Waals surface area contributed by atoms with Gasteiger partial charge in [-0.1, -0.05) is 19.3 Å². The highest BCUT2D eigenvalue weighted by atomic mass is 32.2. The number of amides is 1. The second kappa shape index (κ2) is 7.49. The third kappa shape index (κ3) is 6.26. The largest absolute Gasteiger partial charge is 0.442 e. The molecule has 0 spiro atoms. The summed E-state index contributed by atoms with van der Waals surface area (Å²) in [6, 6.07) is 0. The van der Waals surface area contributed by atoms with E-state index < -0.39 is 0 Å². The highest BCUT2D eigenvalue weighted by Crippen LogP contribution is 2.36. The number of carbonyl (C=O) groups is 1. The highest BCUT2D eigenvalue weighted by Gasteiger charge is 2.17. The van der Waals surface area contributed by atoms with E-state index in [-0.39, 0.29) is 18.2 Å². The molecule has 1 aromatic rings. The zero-order valence-electron chi connectivity index (χ0n) is 13.0. The lowest BCUT2D eigenvalue weighted by molar-refractivity contribution is 0.131. The number of thiazole rings is 1. The highest BCUT2D eigenvalue weighted by molar-refractivity contribution is 8.01. The number of ether oxygens (including phenoxy) is 1. The molecule has 0 radical (unpaired) electrons. The lowest BCUT2D eigenvalue weighted by atomic mass is 10.0. The fraction of sp³-hybridized carbons (Fsp3) is 0.733. The van der Waals surface area contributed by atoms with Gasteiger partial charge in [-0.05, 0) is 33.6 Å². The SMILES string of the molecule is CC(C)(C)NC(=O)OCc1ncc(SC2CCCCC2)s1. The van der Waals surface area contributed by atoms with Gasteiger partial charge < -0.3 is 10.1 Å². The van der Waals surface area contributed by atoms with Gasteiger partial charge in [-0.2, -0.15) is 0 Å². The summed E-state index contributed by atoms with van der Waals surface area (Å²) in [5.74, 6) is 0. The molecule has 0 unspecified atom stereocenters. The van der Waals surface area contributed by atoms with Crippen LogP contribution in [0.5, 0.6) is 0 Å². The van der Waals surface area contributed by atoms with Crippen LogP contribution in [0.25, 0.3) is 0 Å². The first-order valence-electron chi connectivity index (χ1n) is 7.49. The lowest BCUT2D eigenvalue weighted by Crippen LogP contribution is -2.40. The summed E-state index contributed by atoms with van der Waals surface area (Å²) < 4.78 is 6.43. The minimum absolute atomic E-state index is 0.248. The third-order valence-corrected chi connectivity index (χ3v) is 5.62. The van der Waals surface area contributed by atoms with E-state index in [9.17, 15) is 4.79 Å². The minimum atomic E-state index is -0.390. The first-order valence-corrected chi connectivity index (χ1v) is 9.18. The Morgan fingerprint density at radius 1 is 1.43 bits per heavy atom. The van der Waals surface area contributed by atoms with Crippen LogP contribution in [-0.4, -0.2) is 21.9 Å². The zero-order valence-corrected chi connectivity index (χ0v) is 14.6. The number of hydrogen-bond acceptors (Lipinski definition) is 5. The Hall–Kier alpha value is -0.750. The molecule has 21 heavy (non-hydrogen) atoms. The Kier molecular flexibility index (Phi) is 5.93. The Bertz CT molecular complexity index is 462. The molecular formula is C15H24N2O2S2. The van der Waals surface area contributed by atoms with E-state index in [0.29, 0.717) is 0 Å². The molecule has 1 amide bonds. The second-order valence-electron chi connectivity index (χ2n) is 6.40. The van der Waals surface area contributed by atoms with Gasteiger partial charge in [0.05, 0.1) is 10.4 Å². The van der Waals surface area contributed by atoms with Crippen molar-refractivity contribution >= 4 is 29.2 Å². The van der Waals surface area contributed by atoms with Crippen molar-refractivity contribution in [3.8, 4) is 0 Å². The Labute approximate surface area is 135 Å². The molecule has 118 valence electrons. The first-order chi connectivity index (χ1) is 9.92. The van der Waals surface area contributed by atoms with Crippen molar-refractivity contribution < 1.29 is 9.53 Å². The second-order valence-corrected chi connectivity index (χ2v) is 9.12. The lowest BCUT2D eigenvalue weighted by Gasteiger charge is -2.20. The maximum absolute atomic E-state index is 11.6. The number of aromatic nitrogens is 1. The monoisotopic (exact) mass is 328 g/mol. The predicted octanol–water partition coefficient (Wildman–Crippen LogP) is 4.59. The van der Waals surface area contributed by atoms with E-state index >= 15 is 0 Å². The summed E-state index contributed by atoms with van der Waals surface area (Å²) in [5, 5.41) is 4.36. The molecule has 1 aromatic heterocycles. The molecule has 1 heterocycles. The Morgan fingerprint density at radius 2 is 2.14 bits per heavy atom. The van der Waals surface area contributed by atoms with Crippen molar-refractivity contribution in [2.75, 3.05) is 0 Å². The number of thioether (sulfide) groups is 1. The number of nitrogens with zero attached hydrogens (tertiary/aromatic N) is 1. The summed E-state index contributed by atoms with van der Waals surface area (Å²) >= 11 is 3.56. The third-order valence-electron chi connectivity index (χ3n) is 3.17. The summed E-state index contributed by atoms with van der Waals surface area (Å²) in [4.78, 5) is 15.9. The minimum Gasteiger partial charge on any atom is -0.442 e. The molecule has 0 bridgehead atoms. The van der Waals surface area contributed by atoms with Crippen molar-refractivity contribution in [3.05, 3.63) is 11.2 Å². The van der Waals surface area contributed by atoms with Crippen LogP contribution in [-0.2, 0) is 11.3 Å². The quantitative estimate of drug-likeness (QED) is 0.878. The molecule has 0 aliphatic heterocycles. The van der Waals surface area contributed by atoms with Gasteiger partial charge in [0.1, 0.15) is 11.6 Å². The summed E-state index contributed by atoms with van der Waals surface area (Å²) in [6.07, 6.45) is 8.20. The van der Waals surface area contributed by atoms with E-state index in [1.54, 1.807) is 11.3 Å². The normalized spacial score (nSPS) is 16.7. The molecule has 0 aromatic carbocycles. The fourth-order valence-electron chi connectivity index (χ4n) is 2.23. The molecule has 1 aliphatic carbocycles. The van der Waals surface area contributed by atoms with Crippen LogP contribution in [0.3, 0.4) is 0 Å². The van der Waals surface area contributed by atoms with Gasteiger partial charge in [-0.25, -0.2) is 9.78 Å². The molecule has 2 rings (SSSR count). The number of hydrogen-bond donors (Lipinski definition) is 1. The Morgan fingerprint density at radius 3 is 2.81 bits per heavy atom. The first kappa shape index (κ1) is 16.6. The number of alkyl carbamates (subject to hydrolysis) is 1. The molecule has 0 atom stereocenters. The van der Waals surface area contributed by atoms with Crippen molar-refractivity contribution in [2.45, 2.75) is 74.5 Å². The maximum atomic E-state index is 11.6. The maximum Gasteiger partial charge on any atom is 0.407 e. The molecule has 1 aliphatic rings. The van der Waals surface area contributed by atoms with E-state index in [2.05, 4.69) is 10.3 Å². The standard InChI is InChI=1S/C15H24N2O2S2/c1-15(2,3)17-14(18)19-10-12-16-9-13(21-12)20-11-7-5-4-6-8-11/h9,11H,4-8,10H2,1-3H3,(H,17,18). The van der Waals surface area contributed by atoms with Crippen LogP contribution in [0.15, 0.2) is 10.4 Å². The van der Waals surface area contributed by atoms with Crippen LogP contribution in [0.2, 0.25) is 0 Å². The predicted molar refractivity (Wildman–Crippen MR) is 87.9 cm³/mol. The van der Waals surface area contributed by atoms with Gasteiger partial charge in [0.15, 0.2) is 0 Å². The zero-order chi connectivity index (χ0) is 15.3. The van der Waals surface area contributed by atoms with Gasteiger partial charge >= 0.3 is 6.09 Å². The van der Waals surface area contributed by atoms with Crippen LogP contribution in [0.1, 0.15) is 57.9 Å². The van der Waals surface area contributed by atoms with Crippen molar-refractivity contribution in [1.82, 2.24) is 10.3 Å². The van der Waals surface area contributed by atoms with Crippen LogP contribution >= 0.6 is 23.1 Å². The summed E-state index contributed by atoms with van der Waals surface area (Å²) in [6.45, 7) is 6.03. The van der Waals surface area contributed by atoms with E-state index in [0.717, 1.165) is 10.3 Å². The van der Waals surface area contributed by atoms with Gasteiger partial charge in [-0.15, -0.1) is 23.1 Å². The molecule has 4 nitrogen and oxygen atoms in total. The molecule has 1 fully saturated rings. The summed E-state index contributed by atoms with van der Waals surface area (Å²) in [7, 11) is 0. The van der Waals surface area contributed by atoms with Gasteiger partial charge in [0.25, 0.3) is 0 Å². The van der Waals surface area contributed by atoms with Crippen LogP contribution < -0.4 is 5.32 Å².